The molecule has 1 N–H and O–H groups in total. The van der Waals surface area contributed by atoms with E-state index in [1.807, 2.05) is 20.8 Å². The Morgan fingerprint density at radius 3 is 2.52 bits per heavy atom. The predicted octanol–water partition coefficient (Wildman–Crippen LogP) is 3.89. The zero-order valence-electron chi connectivity index (χ0n) is 12.0. The Hall–Kier alpha value is -2.05. The van der Waals surface area contributed by atoms with Gasteiger partial charge in [0.15, 0.2) is 5.82 Å². The van der Waals surface area contributed by atoms with Crippen LogP contribution in [0.1, 0.15) is 37.7 Å². The van der Waals surface area contributed by atoms with Crippen molar-refractivity contribution in [2.75, 3.05) is 5.32 Å². The molecular weight excluding hydrogens is 283 g/mol. The second kappa shape index (κ2) is 5.38. The molecule has 0 unspecified atom stereocenters. The van der Waals surface area contributed by atoms with Crippen LogP contribution in [0.2, 0.25) is 0 Å². The van der Waals surface area contributed by atoms with Gasteiger partial charge in [-0.15, -0.1) is 0 Å². The molecule has 0 aliphatic carbocycles. The SMILES string of the molecule is CC(C)(C)Nc1nc(Cc2cccc(C(F)(F)F)c2)no1. The molecule has 2 aromatic rings. The van der Waals surface area contributed by atoms with E-state index < -0.39 is 11.7 Å². The fourth-order valence-electron chi connectivity index (χ4n) is 1.74. The number of anilines is 1. The highest BCUT2D eigenvalue weighted by Gasteiger charge is 2.30. The highest BCUT2D eigenvalue weighted by Crippen LogP contribution is 2.29. The molecule has 2 rings (SSSR count). The van der Waals surface area contributed by atoms with Crippen molar-refractivity contribution in [2.24, 2.45) is 0 Å². The lowest BCUT2D eigenvalue weighted by Gasteiger charge is -2.17. The van der Waals surface area contributed by atoms with Gasteiger partial charge in [0.2, 0.25) is 0 Å². The Labute approximate surface area is 120 Å². The van der Waals surface area contributed by atoms with Gasteiger partial charge in [0.25, 0.3) is 0 Å². The van der Waals surface area contributed by atoms with Crippen molar-refractivity contribution in [2.45, 2.75) is 38.9 Å². The molecule has 0 atom stereocenters. The first-order valence-corrected chi connectivity index (χ1v) is 6.40. The van der Waals surface area contributed by atoms with Crippen LogP contribution in [0.15, 0.2) is 28.8 Å². The largest absolute Gasteiger partial charge is 0.416 e. The van der Waals surface area contributed by atoms with Gasteiger partial charge in [0.05, 0.1) is 5.56 Å². The fraction of sp³-hybridized carbons (Fsp3) is 0.429. The minimum Gasteiger partial charge on any atom is -0.333 e. The number of hydrogen-bond acceptors (Lipinski definition) is 4. The summed E-state index contributed by atoms with van der Waals surface area (Å²) < 4.78 is 42.9. The van der Waals surface area contributed by atoms with Gasteiger partial charge in [-0.3, -0.25) is 0 Å². The number of halogens is 3. The maximum absolute atomic E-state index is 12.6. The molecular formula is C14H16F3N3O. The Balaban J connectivity index is 2.12. The van der Waals surface area contributed by atoms with Crippen LogP contribution in [-0.4, -0.2) is 15.7 Å². The number of nitrogens with one attached hydrogen (secondary N) is 1. The standard InChI is InChI=1S/C14H16F3N3O/c1-13(2,3)19-12-18-11(20-21-12)8-9-5-4-6-10(7-9)14(15,16)17/h4-7H,8H2,1-3H3,(H,18,19,20). The second-order valence-electron chi connectivity index (χ2n) is 5.77. The maximum atomic E-state index is 12.6. The third kappa shape index (κ3) is 4.47. The first-order valence-electron chi connectivity index (χ1n) is 6.40. The number of benzene rings is 1. The fourth-order valence-corrected chi connectivity index (χ4v) is 1.74. The molecule has 0 bridgehead atoms. The zero-order valence-corrected chi connectivity index (χ0v) is 12.0. The van der Waals surface area contributed by atoms with E-state index in [0.717, 1.165) is 12.1 Å². The molecule has 0 saturated carbocycles. The minimum atomic E-state index is -4.35. The van der Waals surface area contributed by atoms with Gasteiger partial charge in [-0.1, -0.05) is 23.4 Å². The smallest absolute Gasteiger partial charge is 0.333 e. The summed E-state index contributed by atoms with van der Waals surface area (Å²) in [6.45, 7) is 5.80. The lowest BCUT2D eigenvalue weighted by molar-refractivity contribution is -0.137. The number of hydrogen-bond donors (Lipinski definition) is 1. The molecule has 21 heavy (non-hydrogen) atoms. The van der Waals surface area contributed by atoms with E-state index in [0.29, 0.717) is 11.4 Å². The molecule has 1 heterocycles. The van der Waals surface area contributed by atoms with Crippen molar-refractivity contribution in [3.63, 3.8) is 0 Å². The summed E-state index contributed by atoms with van der Waals surface area (Å²) in [5.74, 6) is 0.334. The van der Waals surface area contributed by atoms with E-state index in [1.165, 1.54) is 6.07 Å². The summed E-state index contributed by atoms with van der Waals surface area (Å²) in [7, 11) is 0. The van der Waals surface area contributed by atoms with Crippen molar-refractivity contribution in [1.82, 2.24) is 10.1 Å². The van der Waals surface area contributed by atoms with E-state index in [9.17, 15) is 13.2 Å². The molecule has 0 aliphatic rings. The van der Waals surface area contributed by atoms with Crippen molar-refractivity contribution < 1.29 is 17.7 Å². The maximum Gasteiger partial charge on any atom is 0.416 e. The molecule has 0 aliphatic heterocycles. The summed E-state index contributed by atoms with van der Waals surface area (Å²) in [5, 5.41) is 6.76. The molecule has 0 radical (unpaired) electrons. The topological polar surface area (TPSA) is 51.0 Å². The molecule has 0 fully saturated rings. The van der Waals surface area contributed by atoms with E-state index in [2.05, 4.69) is 15.5 Å². The lowest BCUT2D eigenvalue weighted by atomic mass is 10.1. The molecule has 114 valence electrons. The van der Waals surface area contributed by atoms with Gasteiger partial charge in [0.1, 0.15) is 0 Å². The van der Waals surface area contributed by atoms with Crippen LogP contribution in [0.25, 0.3) is 0 Å². The molecule has 0 saturated heterocycles. The Kier molecular flexibility index (Phi) is 3.93. The van der Waals surface area contributed by atoms with Crippen molar-refractivity contribution in [3.05, 3.63) is 41.2 Å². The van der Waals surface area contributed by atoms with Crippen molar-refractivity contribution in [3.8, 4) is 0 Å². The van der Waals surface area contributed by atoms with Crippen LogP contribution >= 0.6 is 0 Å². The Bertz CT molecular complexity index is 614. The minimum absolute atomic E-state index is 0.180. The van der Waals surface area contributed by atoms with Crippen LogP contribution in [-0.2, 0) is 12.6 Å². The summed E-state index contributed by atoms with van der Waals surface area (Å²) in [4.78, 5) is 4.11. The van der Waals surface area contributed by atoms with Crippen molar-refractivity contribution in [1.29, 1.82) is 0 Å². The van der Waals surface area contributed by atoms with Gasteiger partial charge in [-0.2, -0.15) is 18.2 Å². The third-order valence-electron chi connectivity index (χ3n) is 2.57. The molecule has 0 spiro atoms. The van der Waals surface area contributed by atoms with Gasteiger partial charge in [-0.25, -0.2) is 0 Å². The van der Waals surface area contributed by atoms with Crippen LogP contribution in [0.5, 0.6) is 0 Å². The predicted molar refractivity (Wildman–Crippen MR) is 71.9 cm³/mol. The quantitative estimate of drug-likeness (QED) is 0.934. The molecule has 4 nitrogen and oxygen atoms in total. The summed E-state index contributed by atoms with van der Waals surface area (Å²) in [6.07, 6.45) is -4.18. The number of nitrogens with zero attached hydrogens (tertiary/aromatic N) is 2. The third-order valence-corrected chi connectivity index (χ3v) is 2.57. The Morgan fingerprint density at radius 1 is 1.19 bits per heavy atom. The van der Waals surface area contributed by atoms with Gasteiger partial charge < -0.3 is 9.84 Å². The highest BCUT2D eigenvalue weighted by atomic mass is 19.4. The van der Waals surface area contributed by atoms with Crippen LogP contribution in [0, 0.1) is 0 Å². The van der Waals surface area contributed by atoms with Crippen LogP contribution < -0.4 is 5.32 Å². The first kappa shape index (κ1) is 15.3. The number of alkyl halides is 3. The number of aromatic nitrogens is 2. The number of rotatable bonds is 3. The van der Waals surface area contributed by atoms with Crippen molar-refractivity contribution >= 4 is 6.01 Å². The molecule has 7 heteroatoms. The van der Waals surface area contributed by atoms with Crippen LogP contribution in [0.3, 0.4) is 0 Å². The lowest BCUT2D eigenvalue weighted by Crippen LogP contribution is -2.26. The normalized spacial score (nSPS) is 12.5. The Morgan fingerprint density at radius 2 is 1.90 bits per heavy atom. The van der Waals surface area contributed by atoms with Gasteiger partial charge in [-0.05, 0) is 32.4 Å². The van der Waals surface area contributed by atoms with Gasteiger partial charge in [0, 0.05) is 12.0 Å². The summed E-state index contributed by atoms with van der Waals surface area (Å²) in [5.41, 5.74) is -0.440. The average Bonchev–Trinajstić information content (AvgIpc) is 2.73. The monoisotopic (exact) mass is 299 g/mol. The summed E-state index contributed by atoms with van der Waals surface area (Å²) in [6, 6.07) is 5.35. The molecule has 0 amide bonds. The molecule has 1 aromatic heterocycles. The second-order valence-corrected chi connectivity index (χ2v) is 5.77. The average molecular weight is 299 g/mol. The highest BCUT2D eigenvalue weighted by molar-refractivity contribution is 5.29. The van der Waals surface area contributed by atoms with Crippen LogP contribution in [0.4, 0.5) is 19.2 Å². The molecule has 1 aromatic carbocycles. The first-order chi connectivity index (χ1) is 9.63. The van der Waals surface area contributed by atoms with E-state index in [1.54, 1.807) is 6.07 Å². The summed E-state index contributed by atoms with van der Waals surface area (Å²) >= 11 is 0. The van der Waals surface area contributed by atoms with Gasteiger partial charge >= 0.3 is 12.2 Å². The zero-order chi connectivity index (χ0) is 15.7. The van der Waals surface area contributed by atoms with E-state index in [4.69, 9.17) is 4.52 Å². The van der Waals surface area contributed by atoms with E-state index >= 15 is 0 Å². The van der Waals surface area contributed by atoms with E-state index in [-0.39, 0.29) is 18.0 Å².